The lowest BCUT2D eigenvalue weighted by molar-refractivity contribution is -0.149. The smallest absolute Gasteiger partial charge is 0.408 e. The Hall–Kier alpha value is -1.56. The average molecular weight is 327 g/mol. The number of thiophene rings is 1. The highest BCUT2D eigenvalue weighted by Crippen LogP contribution is 2.18. The molecule has 1 N–H and O–H groups in total. The van der Waals surface area contributed by atoms with Crippen LogP contribution in [0.5, 0.6) is 0 Å². The number of carbonyl (C=O) groups excluding carboxylic acids is 2. The Morgan fingerprint density at radius 3 is 2.41 bits per heavy atom. The van der Waals surface area contributed by atoms with Crippen molar-refractivity contribution in [3.63, 3.8) is 0 Å². The van der Waals surface area contributed by atoms with Crippen molar-refractivity contribution in [2.24, 2.45) is 0 Å². The lowest BCUT2D eigenvalue weighted by atomic mass is 10.1. The summed E-state index contributed by atoms with van der Waals surface area (Å²) in [5.41, 5.74) is 0.480. The Morgan fingerprint density at radius 2 is 1.95 bits per heavy atom. The van der Waals surface area contributed by atoms with Gasteiger partial charge in [0.15, 0.2) is 0 Å². The fourth-order valence-electron chi connectivity index (χ4n) is 1.76. The maximum absolute atomic E-state index is 12.2. The van der Waals surface area contributed by atoms with Crippen molar-refractivity contribution < 1.29 is 19.1 Å². The van der Waals surface area contributed by atoms with E-state index in [1.54, 1.807) is 46.0 Å². The van der Waals surface area contributed by atoms with Gasteiger partial charge in [-0.3, -0.25) is 0 Å². The van der Waals surface area contributed by atoms with E-state index in [1.165, 1.54) is 0 Å². The molecule has 22 heavy (non-hydrogen) atoms. The van der Waals surface area contributed by atoms with Gasteiger partial charge >= 0.3 is 12.1 Å². The summed E-state index contributed by atoms with van der Waals surface area (Å²) in [6, 6.07) is 1.23. The molecule has 124 valence electrons. The topological polar surface area (TPSA) is 64.6 Å². The Balaban J connectivity index is 2.80. The van der Waals surface area contributed by atoms with Gasteiger partial charge in [0.2, 0.25) is 0 Å². The number of esters is 1. The number of aryl methyl sites for hydroxylation is 1. The first kappa shape index (κ1) is 18.5. The highest BCUT2D eigenvalue weighted by atomic mass is 32.1. The summed E-state index contributed by atoms with van der Waals surface area (Å²) in [6.45, 7) is 10.9. The standard InChI is InChI=1S/C16H25NO4S/c1-10(2)20-14(18)12(9-13-11(3)7-8-22-13)17-15(19)21-16(4,5)6/h7-8,10,12H,9H2,1-6H3,(H,17,19)/t12-/m1/s1. The van der Waals surface area contributed by atoms with Crippen LogP contribution in [0.4, 0.5) is 4.79 Å². The zero-order chi connectivity index (χ0) is 16.9. The third kappa shape index (κ3) is 6.47. The van der Waals surface area contributed by atoms with E-state index in [1.807, 2.05) is 18.4 Å². The molecule has 0 bridgehead atoms. The van der Waals surface area contributed by atoms with Gasteiger partial charge < -0.3 is 14.8 Å². The summed E-state index contributed by atoms with van der Waals surface area (Å²) < 4.78 is 10.4. The fourth-order valence-corrected chi connectivity index (χ4v) is 2.71. The maximum atomic E-state index is 12.2. The number of nitrogens with one attached hydrogen (secondary N) is 1. The third-order valence-electron chi connectivity index (χ3n) is 2.69. The molecule has 0 aliphatic rings. The Morgan fingerprint density at radius 1 is 1.32 bits per heavy atom. The molecule has 0 unspecified atom stereocenters. The van der Waals surface area contributed by atoms with E-state index >= 15 is 0 Å². The molecule has 1 atom stereocenters. The molecule has 0 saturated heterocycles. The number of amides is 1. The monoisotopic (exact) mass is 327 g/mol. The average Bonchev–Trinajstić information content (AvgIpc) is 2.70. The molecule has 1 amide bonds. The van der Waals surface area contributed by atoms with Gasteiger partial charge in [-0.25, -0.2) is 9.59 Å². The molecule has 0 spiro atoms. The molecule has 1 rings (SSSR count). The second-order valence-electron chi connectivity index (χ2n) is 6.42. The minimum Gasteiger partial charge on any atom is -0.461 e. The van der Waals surface area contributed by atoms with Gasteiger partial charge in [0.05, 0.1) is 6.10 Å². The van der Waals surface area contributed by atoms with Crippen LogP contribution in [0.15, 0.2) is 11.4 Å². The van der Waals surface area contributed by atoms with Crippen LogP contribution >= 0.6 is 11.3 Å². The number of alkyl carbamates (subject to hydrolysis) is 1. The number of ether oxygens (including phenoxy) is 2. The molecule has 0 aliphatic heterocycles. The Kier molecular flexibility index (Phi) is 6.41. The molecule has 5 nitrogen and oxygen atoms in total. The summed E-state index contributed by atoms with van der Waals surface area (Å²) in [5.74, 6) is -0.450. The van der Waals surface area contributed by atoms with Crippen molar-refractivity contribution in [2.45, 2.75) is 65.7 Å². The van der Waals surface area contributed by atoms with Crippen molar-refractivity contribution in [1.29, 1.82) is 0 Å². The van der Waals surface area contributed by atoms with Gasteiger partial charge in [0, 0.05) is 11.3 Å². The van der Waals surface area contributed by atoms with E-state index in [4.69, 9.17) is 9.47 Å². The number of rotatable bonds is 5. The van der Waals surface area contributed by atoms with Crippen molar-refractivity contribution >= 4 is 23.4 Å². The predicted molar refractivity (Wildman–Crippen MR) is 87.1 cm³/mol. The van der Waals surface area contributed by atoms with Gasteiger partial charge in [-0.2, -0.15) is 0 Å². The molecular formula is C16H25NO4S. The molecule has 6 heteroatoms. The fraction of sp³-hybridized carbons (Fsp3) is 0.625. The van der Waals surface area contributed by atoms with Crippen molar-refractivity contribution in [1.82, 2.24) is 5.32 Å². The van der Waals surface area contributed by atoms with Gasteiger partial charge in [-0.1, -0.05) is 0 Å². The highest BCUT2D eigenvalue weighted by Gasteiger charge is 2.27. The third-order valence-corrected chi connectivity index (χ3v) is 3.73. The van der Waals surface area contributed by atoms with E-state index < -0.39 is 23.7 Å². The SMILES string of the molecule is Cc1ccsc1C[C@@H](NC(=O)OC(C)(C)C)C(=O)OC(C)C. The van der Waals surface area contributed by atoms with Crippen molar-refractivity contribution in [2.75, 3.05) is 0 Å². The zero-order valence-electron chi connectivity index (χ0n) is 14.1. The molecule has 0 radical (unpaired) electrons. The van der Waals surface area contributed by atoms with E-state index in [0.717, 1.165) is 10.4 Å². The molecule has 1 aromatic rings. The largest absolute Gasteiger partial charge is 0.461 e. The quantitative estimate of drug-likeness (QED) is 0.841. The van der Waals surface area contributed by atoms with Crippen LogP contribution in [-0.4, -0.2) is 29.8 Å². The van der Waals surface area contributed by atoms with Crippen LogP contribution < -0.4 is 5.32 Å². The predicted octanol–water partition coefficient (Wildman–Crippen LogP) is 3.44. The summed E-state index contributed by atoms with van der Waals surface area (Å²) in [5, 5.41) is 4.58. The minimum atomic E-state index is -0.755. The van der Waals surface area contributed by atoms with Gasteiger partial charge in [0.1, 0.15) is 11.6 Å². The lowest BCUT2D eigenvalue weighted by Gasteiger charge is -2.23. The van der Waals surface area contributed by atoms with Gasteiger partial charge in [-0.15, -0.1) is 11.3 Å². The normalized spacial score (nSPS) is 12.9. The van der Waals surface area contributed by atoms with E-state index in [-0.39, 0.29) is 6.10 Å². The van der Waals surface area contributed by atoms with Gasteiger partial charge in [-0.05, 0) is 58.6 Å². The first-order valence-corrected chi connectivity index (χ1v) is 8.19. The van der Waals surface area contributed by atoms with Crippen LogP contribution in [0.2, 0.25) is 0 Å². The molecule has 1 aromatic heterocycles. The maximum Gasteiger partial charge on any atom is 0.408 e. The number of hydrogen-bond acceptors (Lipinski definition) is 5. The van der Waals surface area contributed by atoms with Crippen molar-refractivity contribution in [3.05, 3.63) is 21.9 Å². The van der Waals surface area contributed by atoms with Crippen LogP contribution in [0.25, 0.3) is 0 Å². The van der Waals surface area contributed by atoms with E-state index in [9.17, 15) is 9.59 Å². The first-order chi connectivity index (χ1) is 10.1. The molecule has 0 aliphatic carbocycles. The summed E-state index contributed by atoms with van der Waals surface area (Å²) >= 11 is 1.55. The molecular weight excluding hydrogens is 302 g/mol. The van der Waals surface area contributed by atoms with Crippen LogP contribution in [0, 0.1) is 6.92 Å². The zero-order valence-corrected chi connectivity index (χ0v) is 14.9. The summed E-state index contributed by atoms with van der Waals surface area (Å²) in [7, 11) is 0. The molecule has 1 heterocycles. The number of carbonyl (C=O) groups is 2. The second kappa shape index (κ2) is 7.63. The lowest BCUT2D eigenvalue weighted by Crippen LogP contribution is -2.46. The van der Waals surface area contributed by atoms with E-state index in [0.29, 0.717) is 6.42 Å². The minimum absolute atomic E-state index is 0.236. The second-order valence-corrected chi connectivity index (χ2v) is 7.42. The van der Waals surface area contributed by atoms with Crippen LogP contribution in [-0.2, 0) is 20.7 Å². The first-order valence-electron chi connectivity index (χ1n) is 7.31. The van der Waals surface area contributed by atoms with Crippen molar-refractivity contribution in [3.8, 4) is 0 Å². The number of hydrogen-bond donors (Lipinski definition) is 1. The van der Waals surface area contributed by atoms with Crippen LogP contribution in [0.3, 0.4) is 0 Å². The highest BCUT2D eigenvalue weighted by molar-refractivity contribution is 7.10. The molecule has 0 aromatic carbocycles. The van der Waals surface area contributed by atoms with E-state index in [2.05, 4.69) is 5.32 Å². The molecule has 0 fully saturated rings. The Bertz CT molecular complexity index is 516. The summed E-state index contributed by atoms with van der Waals surface area (Å²) in [4.78, 5) is 25.2. The molecule has 0 saturated carbocycles. The van der Waals surface area contributed by atoms with Gasteiger partial charge in [0.25, 0.3) is 0 Å². The Labute approximate surface area is 136 Å². The van der Waals surface area contributed by atoms with Crippen LogP contribution in [0.1, 0.15) is 45.1 Å². The summed E-state index contributed by atoms with van der Waals surface area (Å²) in [6.07, 6.45) is -0.457.